The van der Waals surface area contributed by atoms with Crippen LogP contribution in [0.2, 0.25) is 5.02 Å². The van der Waals surface area contributed by atoms with Crippen LogP contribution in [-0.4, -0.2) is 23.7 Å². The zero-order valence-corrected chi connectivity index (χ0v) is 12.2. The summed E-state index contributed by atoms with van der Waals surface area (Å²) < 4.78 is 5.01. The lowest BCUT2D eigenvalue weighted by Gasteiger charge is -2.09. The molecule has 1 aromatic heterocycles. The SMILES string of the molecule is COCCc1nc(N)cc(Nc2ccc(C)c(Cl)c2)n1. The van der Waals surface area contributed by atoms with Crippen LogP contribution in [0.3, 0.4) is 0 Å². The number of methoxy groups -OCH3 is 1. The molecule has 2 rings (SSSR count). The summed E-state index contributed by atoms with van der Waals surface area (Å²) in [5.74, 6) is 1.71. The smallest absolute Gasteiger partial charge is 0.136 e. The molecule has 0 fully saturated rings. The Morgan fingerprint density at radius 2 is 2.10 bits per heavy atom. The van der Waals surface area contributed by atoms with Crippen molar-refractivity contribution in [2.45, 2.75) is 13.3 Å². The molecule has 0 aliphatic heterocycles. The highest BCUT2D eigenvalue weighted by molar-refractivity contribution is 6.31. The van der Waals surface area contributed by atoms with E-state index in [0.717, 1.165) is 11.3 Å². The molecule has 20 heavy (non-hydrogen) atoms. The molecule has 0 spiro atoms. The third-order valence-corrected chi connectivity index (χ3v) is 3.17. The van der Waals surface area contributed by atoms with Crippen LogP contribution < -0.4 is 11.1 Å². The Hall–Kier alpha value is -1.85. The average Bonchev–Trinajstić information content (AvgIpc) is 2.40. The van der Waals surface area contributed by atoms with E-state index >= 15 is 0 Å². The molecular formula is C14H17ClN4O. The molecule has 0 atom stereocenters. The molecule has 3 N–H and O–H groups in total. The lowest BCUT2D eigenvalue weighted by molar-refractivity contribution is 0.200. The van der Waals surface area contributed by atoms with Gasteiger partial charge in [-0.3, -0.25) is 0 Å². The van der Waals surface area contributed by atoms with E-state index in [2.05, 4.69) is 15.3 Å². The number of halogens is 1. The fourth-order valence-electron chi connectivity index (χ4n) is 1.71. The van der Waals surface area contributed by atoms with E-state index in [4.69, 9.17) is 22.1 Å². The van der Waals surface area contributed by atoms with Gasteiger partial charge in [0.15, 0.2) is 0 Å². The lowest BCUT2D eigenvalue weighted by Crippen LogP contribution is -2.06. The molecule has 0 bridgehead atoms. The van der Waals surface area contributed by atoms with E-state index < -0.39 is 0 Å². The topological polar surface area (TPSA) is 73.1 Å². The number of anilines is 3. The van der Waals surface area contributed by atoms with Gasteiger partial charge in [0, 0.05) is 30.3 Å². The number of nitrogen functional groups attached to an aromatic ring is 1. The van der Waals surface area contributed by atoms with Gasteiger partial charge in [0.05, 0.1) is 6.61 Å². The molecule has 5 nitrogen and oxygen atoms in total. The minimum Gasteiger partial charge on any atom is -0.384 e. The molecule has 106 valence electrons. The standard InChI is InChI=1S/C14H17ClN4O/c1-9-3-4-10(7-11(9)15)17-14-8-12(16)18-13(19-14)5-6-20-2/h3-4,7-8H,5-6H2,1-2H3,(H3,16,17,18,19). The molecule has 0 saturated heterocycles. The number of rotatable bonds is 5. The van der Waals surface area contributed by atoms with Crippen molar-refractivity contribution in [3.63, 3.8) is 0 Å². The molecule has 0 unspecified atom stereocenters. The Balaban J connectivity index is 2.19. The van der Waals surface area contributed by atoms with Gasteiger partial charge in [0.1, 0.15) is 17.5 Å². The van der Waals surface area contributed by atoms with E-state index in [9.17, 15) is 0 Å². The third-order valence-electron chi connectivity index (χ3n) is 2.77. The maximum Gasteiger partial charge on any atom is 0.136 e. The fourth-order valence-corrected chi connectivity index (χ4v) is 1.89. The number of aromatic nitrogens is 2. The van der Waals surface area contributed by atoms with Crippen molar-refractivity contribution in [2.75, 3.05) is 24.8 Å². The average molecular weight is 293 g/mol. The van der Waals surface area contributed by atoms with Gasteiger partial charge < -0.3 is 15.8 Å². The van der Waals surface area contributed by atoms with Gasteiger partial charge in [-0.1, -0.05) is 17.7 Å². The van der Waals surface area contributed by atoms with Crippen LogP contribution in [0.15, 0.2) is 24.3 Å². The van der Waals surface area contributed by atoms with E-state index in [0.29, 0.717) is 35.5 Å². The zero-order valence-electron chi connectivity index (χ0n) is 11.5. The highest BCUT2D eigenvalue weighted by Gasteiger charge is 2.04. The van der Waals surface area contributed by atoms with Crippen molar-refractivity contribution in [1.82, 2.24) is 9.97 Å². The van der Waals surface area contributed by atoms with Gasteiger partial charge in [-0.25, -0.2) is 9.97 Å². The molecule has 0 radical (unpaired) electrons. The first kappa shape index (κ1) is 14.6. The normalized spacial score (nSPS) is 10.6. The number of nitrogens with zero attached hydrogens (tertiary/aromatic N) is 2. The summed E-state index contributed by atoms with van der Waals surface area (Å²) in [7, 11) is 1.64. The molecule has 1 heterocycles. The summed E-state index contributed by atoms with van der Waals surface area (Å²) in [4.78, 5) is 8.56. The number of hydrogen-bond donors (Lipinski definition) is 2. The summed E-state index contributed by atoms with van der Waals surface area (Å²) in [5.41, 5.74) is 7.67. The van der Waals surface area contributed by atoms with E-state index in [1.54, 1.807) is 13.2 Å². The second-order valence-corrected chi connectivity index (χ2v) is 4.83. The van der Waals surface area contributed by atoms with Crippen LogP contribution in [0.5, 0.6) is 0 Å². The van der Waals surface area contributed by atoms with Gasteiger partial charge in [0.2, 0.25) is 0 Å². The second kappa shape index (κ2) is 6.54. The Bertz CT molecular complexity index is 604. The Kier molecular flexibility index (Phi) is 4.76. The molecule has 0 saturated carbocycles. The fraction of sp³-hybridized carbons (Fsp3) is 0.286. The first-order valence-corrected chi connectivity index (χ1v) is 6.62. The molecule has 6 heteroatoms. The van der Waals surface area contributed by atoms with Gasteiger partial charge in [-0.05, 0) is 24.6 Å². The Morgan fingerprint density at radius 3 is 2.80 bits per heavy atom. The van der Waals surface area contributed by atoms with Crippen molar-refractivity contribution >= 4 is 28.9 Å². The van der Waals surface area contributed by atoms with Crippen LogP contribution in [-0.2, 0) is 11.2 Å². The lowest BCUT2D eigenvalue weighted by atomic mass is 10.2. The van der Waals surface area contributed by atoms with Crippen molar-refractivity contribution < 1.29 is 4.74 Å². The quantitative estimate of drug-likeness (QED) is 0.886. The van der Waals surface area contributed by atoms with Crippen molar-refractivity contribution in [3.8, 4) is 0 Å². The number of ether oxygens (including phenoxy) is 1. The van der Waals surface area contributed by atoms with Crippen LogP contribution in [0.1, 0.15) is 11.4 Å². The van der Waals surface area contributed by atoms with Crippen LogP contribution in [0, 0.1) is 6.92 Å². The minimum absolute atomic E-state index is 0.423. The van der Waals surface area contributed by atoms with E-state index in [1.807, 2.05) is 25.1 Å². The molecule has 0 amide bonds. The van der Waals surface area contributed by atoms with Gasteiger partial charge in [-0.2, -0.15) is 0 Å². The maximum absolute atomic E-state index is 6.10. The Labute approximate surface area is 123 Å². The molecule has 1 aromatic carbocycles. The summed E-state index contributed by atoms with van der Waals surface area (Å²) in [6, 6.07) is 7.42. The largest absolute Gasteiger partial charge is 0.384 e. The number of nitrogens with one attached hydrogen (secondary N) is 1. The first-order valence-electron chi connectivity index (χ1n) is 6.24. The van der Waals surface area contributed by atoms with Crippen molar-refractivity contribution in [2.24, 2.45) is 0 Å². The Morgan fingerprint density at radius 1 is 1.30 bits per heavy atom. The molecule has 0 aliphatic carbocycles. The van der Waals surface area contributed by atoms with Gasteiger partial charge in [-0.15, -0.1) is 0 Å². The number of benzene rings is 1. The summed E-state index contributed by atoms with van der Waals surface area (Å²) >= 11 is 6.10. The monoisotopic (exact) mass is 292 g/mol. The summed E-state index contributed by atoms with van der Waals surface area (Å²) in [6.07, 6.45) is 0.616. The molecule has 2 aromatic rings. The maximum atomic E-state index is 6.10. The van der Waals surface area contributed by atoms with Crippen LogP contribution in [0.25, 0.3) is 0 Å². The number of hydrogen-bond acceptors (Lipinski definition) is 5. The predicted molar refractivity (Wildman–Crippen MR) is 81.5 cm³/mol. The van der Waals surface area contributed by atoms with Crippen LogP contribution in [0.4, 0.5) is 17.3 Å². The number of nitrogens with two attached hydrogens (primary N) is 1. The highest BCUT2D eigenvalue weighted by Crippen LogP contribution is 2.23. The van der Waals surface area contributed by atoms with Crippen molar-refractivity contribution in [1.29, 1.82) is 0 Å². The molecule has 0 aliphatic rings. The third kappa shape index (κ3) is 3.82. The number of aryl methyl sites for hydroxylation is 1. The van der Waals surface area contributed by atoms with E-state index in [-0.39, 0.29) is 0 Å². The summed E-state index contributed by atoms with van der Waals surface area (Å²) in [6.45, 7) is 2.51. The zero-order chi connectivity index (χ0) is 14.5. The summed E-state index contributed by atoms with van der Waals surface area (Å²) in [5, 5.41) is 3.88. The van der Waals surface area contributed by atoms with Gasteiger partial charge in [0.25, 0.3) is 0 Å². The minimum atomic E-state index is 0.423. The van der Waals surface area contributed by atoms with Gasteiger partial charge >= 0.3 is 0 Å². The van der Waals surface area contributed by atoms with Crippen molar-refractivity contribution in [3.05, 3.63) is 40.7 Å². The molecular weight excluding hydrogens is 276 g/mol. The van der Waals surface area contributed by atoms with E-state index in [1.165, 1.54) is 0 Å². The predicted octanol–water partition coefficient (Wildman–Crippen LogP) is 2.95. The highest BCUT2D eigenvalue weighted by atomic mass is 35.5. The second-order valence-electron chi connectivity index (χ2n) is 4.43. The first-order chi connectivity index (χ1) is 9.58. The van der Waals surface area contributed by atoms with Crippen LogP contribution >= 0.6 is 11.6 Å².